The number of azo groups is 1. The highest BCUT2D eigenvalue weighted by atomic mass is 32.1. The number of hydrogen-bond donors (Lipinski definition) is 1. The number of aryl methyl sites for hydroxylation is 2. The second-order valence-corrected chi connectivity index (χ2v) is 7.57. The molecule has 2 aromatic carbocycles. The van der Waals surface area contributed by atoms with Gasteiger partial charge in [0.15, 0.2) is 5.00 Å². The molecule has 0 aliphatic heterocycles. The first-order valence-electron chi connectivity index (χ1n) is 7.68. The van der Waals surface area contributed by atoms with E-state index < -0.39 is 0 Å². The Morgan fingerprint density at radius 2 is 1.96 bits per heavy atom. The summed E-state index contributed by atoms with van der Waals surface area (Å²) in [5.41, 5.74) is 2.79. The van der Waals surface area contributed by atoms with Gasteiger partial charge in [-0.15, -0.1) is 21.6 Å². The van der Waals surface area contributed by atoms with Crippen LogP contribution in [0.5, 0.6) is 5.75 Å². The van der Waals surface area contributed by atoms with E-state index in [0.717, 1.165) is 48.5 Å². The van der Waals surface area contributed by atoms with Crippen molar-refractivity contribution in [2.45, 2.75) is 20.3 Å². The maximum absolute atomic E-state index is 10.2. The van der Waals surface area contributed by atoms with Crippen LogP contribution in [0.4, 0.5) is 10.7 Å². The van der Waals surface area contributed by atoms with E-state index in [1.807, 2.05) is 37.3 Å². The highest BCUT2D eigenvalue weighted by Crippen LogP contribution is 2.42. The van der Waals surface area contributed by atoms with Gasteiger partial charge >= 0.3 is 0 Å². The molecule has 4 rings (SSSR count). The van der Waals surface area contributed by atoms with Gasteiger partial charge in [0.2, 0.25) is 0 Å². The molecule has 120 valence electrons. The maximum Gasteiger partial charge on any atom is 0.166 e. The molecule has 0 unspecified atom stereocenters. The van der Waals surface area contributed by atoms with Crippen molar-refractivity contribution in [1.82, 2.24) is 4.37 Å². The summed E-state index contributed by atoms with van der Waals surface area (Å²) in [6.45, 7) is 4.09. The van der Waals surface area contributed by atoms with E-state index in [4.69, 9.17) is 0 Å². The number of phenols is 1. The molecule has 0 amide bonds. The number of benzene rings is 2. The van der Waals surface area contributed by atoms with Gasteiger partial charge < -0.3 is 5.11 Å². The van der Waals surface area contributed by atoms with Crippen LogP contribution >= 0.6 is 22.9 Å². The summed E-state index contributed by atoms with van der Waals surface area (Å²) < 4.78 is 5.39. The number of nitrogens with zero attached hydrogens (tertiary/aromatic N) is 3. The van der Waals surface area contributed by atoms with Crippen LogP contribution in [0.3, 0.4) is 0 Å². The Bertz CT molecular complexity index is 1080. The lowest BCUT2D eigenvalue weighted by Gasteiger charge is -2.05. The molecule has 1 N–H and O–H groups in total. The fourth-order valence-corrected chi connectivity index (χ4v) is 4.49. The van der Waals surface area contributed by atoms with Gasteiger partial charge in [0.1, 0.15) is 11.4 Å². The van der Waals surface area contributed by atoms with Crippen molar-refractivity contribution in [2.24, 2.45) is 10.2 Å². The maximum atomic E-state index is 10.2. The predicted molar refractivity (Wildman–Crippen MR) is 101 cm³/mol. The van der Waals surface area contributed by atoms with Crippen LogP contribution in [-0.4, -0.2) is 9.48 Å². The predicted octanol–water partition coefficient (Wildman–Crippen LogP) is 6.50. The Balaban J connectivity index is 1.88. The van der Waals surface area contributed by atoms with Crippen molar-refractivity contribution in [3.05, 3.63) is 46.8 Å². The Labute approximate surface area is 147 Å². The largest absolute Gasteiger partial charge is 0.507 e. The Morgan fingerprint density at radius 3 is 2.79 bits per heavy atom. The van der Waals surface area contributed by atoms with Crippen molar-refractivity contribution in [1.29, 1.82) is 0 Å². The topological polar surface area (TPSA) is 57.8 Å². The van der Waals surface area contributed by atoms with Gasteiger partial charge in [-0.25, -0.2) is 0 Å². The molecular weight excluding hydrogens is 338 g/mol. The SMILES string of the molecule is CCc1cc(O)c2cc(C)sc2c1/N=N/c1snc2ccccc12. The molecule has 0 atom stereocenters. The highest BCUT2D eigenvalue weighted by Gasteiger charge is 2.14. The van der Waals surface area contributed by atoms with E-state index in [1.165, 1.54) is 11.5 Å². The summed E-state index contributed by atoms with van der Waals surface area (Å²) in [5, 5.41) is 21.9. The molecule has 4 aromatic rings. The standard InChI is InChI=1S/C18H15N3OS2/c1-3-11-9-15(22)13-8-10(2)23-17(13)16(11)19-20-18-12-6-4-5-7-14(12)21-24-18/h4-9,22H,3H2,1-2H3/b20-19+. The molecule has 0 radical (unpaired) electrons. The van der Waals surface area contributed by atoms with Crippen LogP contribution in [0.1, 0.15) is 17.4 Å². The first kappa shape index (κ1) is 15.2. The van der Waals surface area contributed by atoms with E-state index in [9.17, 15) is 5.11 Å². The third-order valence-electron chi connectivity index (χ3n) is 3.95. The fraction of sp³-hybridized carbons (Fsp3) is 0.167. The summed E-state index contributed by atoms with van der Waals surface area (Å²) in [4.78, 5) is 1.15. The summed E-state index contributed by atoms with van der Waals surface area (Å²) in [6.07, 6.45) is 0.790. The van der Waals surface area contributed by atoms with Gasteiger partial charge in [0, 0.05) is 15.6 Å². The fourth-order valence-electron chi connectivity index (χ4n) is 2.76. The van der Waals surface area contributed by atoms with Gasteiger partial charge in [-0.3, -0.25) is 0 Å². The second kappa shape index (κ2) is 5.96. The van der Waals surface area contributed by atoms with Crippen LogP contribution in [0.25, 0.3) is 21.0 Å². The quantitative estimate of drug-likeness (QED) is 0.427. The van der Waals surface area contributed by atoms with Crippen LogP contribution in [0.15, 0.2) is 46.6 Å². The van der Waals surface area contributed by atoms with E-state index in [-0.39, 0.29) is 0 Å². The average Bonchev–Trinajstić information content (AvgIpc) is 3.17. The number of fused-ring (bicyclic) bond motifs is 2. The number of phenolic OH excluding ortho intramolecular Hbond substituents is 1. The zero-order valence-electron chi connectivity index (χ0n) is 13.3. The zero-order chi connectivity index (χ0) is 16.7. The summed E-state index contributed by atoms with van der Waals surface area (Å²) >= 11 is 2.99. The smallest absolute Gasteiger partial charge is 0.166 e. The number of aromatic nitrogens is 1. The van der Waals surface area contributed by atoms with Crippen molar-refractivity contribution in [3.8, 4) is 5.75 Å². The highest BCUT2D eigenvalue weighted by molar-refractivity contribution is 7.19. The molecule has 6 heteroatoms. The van der Waals surface area contributed by atoms with Crippen molar-refractivity contribution in [3.63, 3.8) is 0 Å². The van der Waals surface area contributed by atoms with Crippen LogP contribution in [0, 0.1) is 6.92 Å². The number of rotatable bonds is 3. The minimum absolute atomic E-state index is 0.313. The monoisotopic (exact) mass is 353 g/mol. The van der Waals surface area contributed by atoms with Gasteiger partial charge in [-0.1, -0.05) is 19.1 Å². The minimum atomic E-state index is 0.313. The van der Waals surface area contributed by atoms with Gasteiger partial charge in [-0.05, 0) is 54.7 Å². The van der Waals surface area contributed by atoms with Crippen LogP contribution in [0.2, 0.25) is 0 Å². The second-order valence-electron chi connectivity index (χ2n) is 5.56. The first-order valence-corrected chi connectivity index (χ1v) is 9.27. The number of hydrogen-bond acceptors (Lipinski definition) is 6. The van der Waals surface area contributed by atoms with Gasteiger partial charge in [0.25, 0.3) is 0 Å². The van der Waals surface area contributed by atoms with Crippen molar-refractivity contribution < 1.29 is 5.11 Å². The lowest BCUT2D eigenvalue weighted by Crippen LogP contribution is -1.82. The molecule has 24 heavy (non-hydrogen) atoms. The Kier molecular flexibility index (Phi) is 3.78. The lowest BCUT2D eigenvalue weighted by atomic mass is 10.1. The molecule has 0 spiro atoms. The van der Waals surface area contributed by atoms with Crippen LogP contribution in [-0.2, 0) is 6.42 Å². The van der Waals surface area contributed by atoms with E-state index in [0.29, 0.717) is 5.75 Å². The zero-order valence-corrected chi connectivity index (χ0v) is 14.9. The molecule has 2 aromatic heterocycles. The molecule has 0 aliphatic carbocycles. The summed E-state index contributed by atoms with van der Waals surface area (Å²) in [7, 11) is 0. The first-order chi connectivity index (χ1) is 11.7. The molecule has 0 fully saturated rings. The van der Waals surface area contributed by atoms with Crippen molar-refractivity contribution in [2.75, 3.05) is 0 Å². The molecule has 0 saturated carbocycles. The van der Waals surface area contributed by atoms with E-state index in [1.54, 1.807) is 17.4 Å². The average molecular weight is 353 g/mol. The number of aromatic hydroxyl groups is 1. The summed E-state index contributed by atoms with van der Waals surface area (Å²) in [5.74, 6) is 0.313. The van der Waals surface area contributed by atoms with Gasteiger partial charge in [0.05, 0.1) is 10.2 Å². The lowest BCUT2D eigenvalue weighted by molar-refractivity contribution is 0.481. The summed E-state index contributed by atoms with van der Waals surface area (Å²) in [6, 6.07) is 11.7. The van der Waals surface area contributed by atoms with Crippen LogP contribution < -0.4 is 0 Å². The van der Waals surface area contributed by atoms with Gasteiger partial charge in [-0.2, -0.15) is 4.37 Å². The normalized spacial score (nSPS) is 11.9. The molecule has 0 bridgehead atoms. The Hall–Kier alpha value is -2.31. The molecule has 2 heterocycles. The molecule has 4 nitrogen and oxygen atoms in total. The third kappa shape index (κ3) is 2.48. The Morgan fingerprint density at radius 1 is 1.12 bits per heavy atom. The minimum Gasteiger partial charge on any atom is -0.507 e. The van der Waals surface area contributed by atoms with E-state index in [2.05, 4.69) is 21.5 Å². The molecule has 0 saturated heterocycles. The van der Waals surface area contributed by atoms with E-state index >= 15 is 0 Å². The third-order valence-corrected chi connectivity index (χ3v) is 5.77. The number of thiophene rings is 1. The molecule has 0 aliphatic rings. The molecular formula is C18H15N3OS2. The van der Waals surface area contributed by atoms with Crippen molar-refractivity contribution >= 4 is 54.5 Å².